The van der Waals surface area contributed by atoms with E-state index in [2.05, 4.69) is 217 Å². The molecule has 0 spiro atoms. The minimum absolute atomic E-state index is 1.11. The molecule has 0 radical (unpaired) electrons. The fraction of sp³-hybridized carbons (Fsp3) is 0. The van der Waals surface area contributed by atoms with Crippen molar-refractivity contribution in [1.29, 1.82) is 0 Å². The predicted octanol–water partition coefficient (Wildman–Crippen LogP) is 15.3. The maximum atomic E-state index is 2.41. The van der Waals surface area contributed by atoms with Crippen molar-refractivity contribution in [3.05, 3.63) is 212 Å². The number of hydrogen-bond acceptors (Lipinski definition) is 2. The summed E-state index contributed by atoms with van der Waals surface area (Å²) in [4.78, 5) is 2.39. The van der Waals surface area contributed by atoms with Crippen LogP contribution in [0.2, 0.25) is 0 Å². The van der Waals surface area contributed by atoms with Gasteiger partial charge >= 0.3 is 0 Å². The molecule has 10 rings (SSSR count). The number of thiophene rings is 1. The molecule has 0 aliphatic rings. The third-order valence-electron chi connectivity index (χ3n) is 10.5. The summed E-state index contributed by atoms with van der Waals surface area (Å²) in [5, 5.41) is 5.16. The van der Waals surface area contributed by atoms with Crippen LogP contribution in [-0.4, -0.2) is 0 Å². The van der Waals surface area contributed by atoms with E-state index in [9.17, 15) is 0 Å². The van der Waals surface area contributed by atoms with Gasteiger partial charge in [-0.2, -0.15) is 0 Å². The van der Waals surface area contributed by atoms with Crippen LogP contribution in [0.1, 0.15) is 0 Å². The van der Waals surface area contributed by atoms with Crippen LogP contribution < -0.4 is 4.90 Å². The molecule has 10 aromatic rings. The van der Waals surface area contributed by atoms with Crippen LogP contribution in [0.15, 0.2) is 212 Å². The van der Waals surface area contributed by atoms with Gasteiger partial charge in [0.15, 0.2) is 0 Å². The molecule has 254 valence electrons. The fourth-order valence-corrected chi connectivity index (χ4v) is 8.95. The topological polar surface area (TPSA) is 3.24 Å². The molecule has 1 nitrogen and oxygen atoms in total. The molecule has 0 amide bonds. The molecule has 0 N–H and O–H groups in total. The lowest BCUT2D eigenvalue weighted by Crippen LogP contribution is -2.09. The van der Waals surface area contributed by atoms with Gasteiger partial charge in [-0.15, -0.1) is 11.3 Å². The summed E-state index contributed by atoms with van der Waals surface area (Å²) < 4.78 is 2.62. The zero-order valence-electron chi connectivity index (χ0n) is 29.6. The highest BCUT2D eigenvalue weighted by Crippen LogP contribution is 2.45. The molecule has 0 saturated heterocycles. The van der Waals surface area contributed by atoms with Gasteiger partial charge in [0, 0.05) is 42.6 Å². The van der Waals surface area contributed by atoms with Gasteiger partial charge in [0.2, 0.25) is 0 Å². The Bertz CT molecular complexity index is 2880. The number of rotatable bonds is 7. The molecule has 0 atom stereocenters. The Morgan fingerprint density at radius 3 is 1.20 bits per heavy atom. The first-order valence-corrected chi connectivity index (χ1v) is 19.2. The first-order valence-electron chi connectivity index (χ1n) is 18.4. The van der Waals surface area contributed by atoms with Gasteiger partial charge in [-0.1, -0.05) is 164 Å². The van der Waals surface area contributed by atoms with E-state index < -0.39 is 0 Å². The van der Waals surface area contributed by atoms with Crippen LogP contribution >= 0.6 is 11.3 Å². The number of hydrogen-bond donors (Lipinski definition) is 0. The van der Waals surface area contributed by atoms with E-state index in [0.29, 0.717) is 0 Å². The summed E-state index contributed by atoms with van der Waals surface area (Å²) in [6, 6.07) is 77.0. The SMILES string of the molecule is c1ccc(-c2ccc(-c3ccc(N(c4ccc(-c5ccccc5)cc4)c4ccc5sc6c7ccccc7c(-c7ccccc7)cc6c5c4)cc3)cc2)cc1. The normalized spacial score (nSPS) is 11.3. The average molecular weight is 706 g/mol. The third kappa shape index (κ3) is 5.84. The lowest BCUT2D eigenvalue weighted by molar-refractivity contribution is 1.29. The molecule has 54 heavy (non-hydrogen) atoms. The summed E-state index contributed by atoms with van der Waals surface area (Å²) >= 11 is 1.89. The van der Waals surface area contributed by atoms with Gasteiger partial charge in [0.1, 0.15) is 0 Å². The highest BCUT2D eigenvalue weighted by Gasteiger charge is 2.18. The van der Waals surface area contributed by atoms with E-state index in [0.717, 1.165) is 17.1 Å². The molecule has 0 bridgehead atoms. The van der Waals surface area contributed by atoms with Crippen LogP contribution in [0.3, 0.4) is 0 Å². The predicted molar refractivity (Wildman–Crippen MR) is 233 cm³/mol. The smallest absolute Gasteiger partial charge is 0.0468 e. The molecule has 0 aliphatic carbocycles. The molecular formula is C52H35NS. The van der Waals surface area contributed by atoms with Crippen molar-refractivity contribution in [2.45, 2.75) is 0 Å². The van der Waals surface area contributed by atoms with Crippen LogP contribution in [0.4, 0.5) is 17.1 Å². The maximum absolute atomic E-state index is 2.41. The van der Waals surface area contributed by atoms with Crippen LogP contribution in [0, 0.1) is 0 Å². The Morgan fingerprint density at radius 1 is 0.278 bits per heavy atom. The summed E-state index contributed by atoms with van der Waals surface area (Å²) in [5.41, 5.74) is 13.1. The second kappa shape index (κ2) is 13.7. The summed E-state index contributed by atoms with van der Waals surface area (Å²) in [5.74, 6) is 0. The van der Waals surface area contributed by atoms with E-state index in [4.69, 9.17) is 0 Å². The first-order chi connectivity index (χ1) is 26.8. The molecule has 9 aromatic carbocycles. The van der Waals surface area contributed by atoms with Crippen LogP contribution in [-0.2, 0) is 0 Å². The van der Waals surface area contributed by atoms with Gasteiger partial charge in [0.05, 0.1) is 0 Å². The van der Waals surface area contributed by atoms with Crippen molar-refractivity contribution in [3.63, 3.8) is 0 Å². The van der Waals surface area contributed by atoms with Gasteiger partial charge in [-0.05, 0) is 98.4 Å². The molecule has 0 saturated carbocycles. The van der Waals surface area contributed by atoms with E-state index in [-0.39, 0.29) is 0 Å². The van der Waals surface area contributed by atoms with E-state index in [1.54, 1.807) is 0 Å². The number of benzene rings is 9. The molecule has 0 fully saturated rings. The standard InChI is InChI=1S/C52H35NS/c1-4-12-36(13-5-1)38-20-22-39(23-21-38)41-26-30-44(31-27-41)53(43-28-24-40(25-29-43)37-14-6-2-7-15-37)45-32-33-51-49(34-45)50-35-48(42-16-8-3-9-17-42)46-18-10-11-19-47(46)52(50)54-51/h1-35H. The molecule has 0 unspecified atom stereocenters. The Kier molecular flexibility index (Phi) is 8.09. The zero-order chi connectivity index (χ0) is 35.8. The highest BCUT2D eigenvalue weighted by atomic mass is 32.1. The Balaban J connectivity index is 1.09. The van der Waals surface area contributed by atoms with Crippen molar-refractivity contribution >= 4 is 59.3 Å². The summed E-state index contributed by atoms with van der Waals surface area (Å²) in [6.07, 6.45) is 0. The Hall–Kier alpha value is -6.74. The lowest BCUT2D eigenvalue weighted by atomic mass is 9.95. The molecule has 2 heteroatoms. The van der Waals surface area contributed by atoms with Crippen molar-refractivity contribution in [2.24, 2.45) is 0 Å². The van der Waals surface area contributed by atoms with Crippen molar-refractivity contribution in [2.75, 3.05) is 4.90 Å². The quantitative estimate of drug-likeness (QED) is 0.160. The number of nitrogens with zero attached hydrogens (tertiary/aromatic N) is 1. The maximum Gasteiger partial charge on any atom is 0.0468 e. The molecule has 0 aliphatic heterocycles. The van der Waals surface area contributed by atoms with Crippen LogP contribution in [0.25, 0.3) is 75.5 Å². The van der Waals surface area contributed by atoms with Gasteiger partial charge in [-0.25, -0.2) is 0 Å². The summed E-state index contributed by atoms with van der Waals surface area (Å²) in [7, 11) is 0. The minimum Gasteiger partial charge on any atom is -0.310 e. The van der Waals surface area contributed by atoms with E-state index in [1.165, 1.54) is 75.5 Å². The molecular weight excluding hydrogens is 671 g/mol. The molecule has 1 aromatic heterocycles. The average Bonchev–Trinajstić information content (AvgIpc) is 3.63. The largest absolute Gasteiger partial charge is 0.310 e. The second-order valence-electron chi connectivity index (χ2n) is 13.7. The Morgan fingerprint density at radius 2 is 0.685 bits per heavy atom. The monoisotopic (exact) mass is 705 g/mol. The van der Waals surface area contributed by atoms with Crippen molar-refractivity contribution < 1.29 is 0 Å². The van der Waals surface area contributed by atoms with Gasteiger partial charge in [0.25, 0.3) is 0 Å². The van der Waals surface area contributed by atoms with E-state index in [1.807, 2.05) is 11.3 Å². The zero-order valence-corrected chi connectivity index (χ0v) is 30.4. The van der Waals surface area contributed by atoms with Gasteiger partial charge in [-0.3, -0.25) is 0 Å². The lowest BCUT2D eigenvalue weighted by Gasteiger charge is -2.26. The Labute approximate surface area is 319 Å². The third-order valence-corrected chi connectivity index (χ3v) is 11.7. The number of fused-ring (bicyclic) bond motifs is 5. The minimum atomic E-state index is 1.11. The molecule has 1 heterocycles. The van der Waals surface area contributed by atoms with Crippen LogP contribution in [0.5, 0.6) is 0 Å². The van der Waals surface area contributed by atoms with Crippen molar-refractivity contribution in [1.82, 2.24) is 0 Å². The highest BCUT2D eigenvalue weighted by molar-refractivity contribution is 7.26. The van der Waals surface area contributed by atoms with Crippen molar-refractivity contribution in [3.8, 4) is 44.5 Å². The van der Waals surface area contributed by atoms with Gasteiger partial charge < -0.3 is 4.90 Å². The summed E-state index contributed by atoms with van der Waals surface area (Å²) in [6.45, 7) is 0. The first kappa shape index (κ1) is 32.0. The second-order valence-corrected chi connectivity index (χ2v) is 14.8. The van der Waals surface area contributed by atoms with E-state index >= 15 is 0 Å². The fourth-order valence-electron chi connectivity index (χ4n) is 7.75. The number of anilines is 3.